The van der Waals surface area contributed by atoms with Gasteiger partial charge >= 0.3 is 0 Å². The molecule has 3 nitrogen and oxygen atoms in total. The van der Waals surface area contributed by atoms with Crippen LogP contribution in [0.3, 0.4) is 0 Å². The topological polar surface area (TPSA) is 40.5 Å². The number of likely N-dealkylation sites (tertiary alicyclic amines) is 1. The molecule has 0 bridgehead atoms. The fourth-order valence-corrected chi connectivity index (χ4v) is 2.17. The molecule has 0 spiro atoms. The number of hydrogen-bond acceptors (Lipinski definition) is 2. The molecule has 0 aliphatic carbocycles. The van der Waals surface area contributed by atoms with Crippen LogP contribution >= 0.6 is 0 Å². The number of benzene rings is 1. The summed E-state index contributed by atoms with van der Waals surface area (Å²) in [7, 11) is 0. The minimum Gasteiger partial charge on any atom is -0.384 e. The first-order chi connectivity index (χ1) is 8.72. The molecule has 0 saturated carbocycles. The number of carbonyl (C=O) groups excluding carboxylic acids is 1. The Bertz CT molecular complexity index is 505. The number of carbonyl (C=O) groups is 1. The number of aliphatic hydroxyl groups is 1. The van der Waals surface area contributed by atoms with E-state index in [2.05, 4.69) is 11.8 Å². The molecule has 94 valence electrons. The van der Waals surface area contributed by atoms with Crippen molar-refractivity contribution >= 4 is 5.91 Å². The fourth-order valence-electron chi connectivity index (χ4n) is 2.17. The zero-order valence-electron chi connectivity index (χ0n) is 10.6. The SMILES string of the molecule is Cc1ccc(C#CCO)c(C(=O)N2CCCC2)c1. The second-order valence-electron chi connectivity index (χ2n) is 4.51. The van der Waals surface area contributed by atoms with Gasteiger partial charge in [-0.05, 0) is 31.9 Å². The van der Waals surface area contributed by atoms with Crippen LogP contribution in [-0.2, 0) is 0 Å². The van der Waals surface area contributed by atoms with E-state index in [4.69, 9.17) is 5.11 Å². The molecule has 1 N–H and O–H groups in total. The summed E-state index contributed by atoms with van der Waals surface area (Å²) >= 11 is 0. The lowest BCUT2D eigenvalue weighted by atomic mass is 10.0. The van der Waals surface area contributed by atoms with E-state index in [1.807, 2.05) is 30.0 Å². The van der Waals surface area contributed by atoms with Crippen molar-refractivity contribution < 1.29 is 9.90 Å². The quantitative estimate of drug-likeness (QED) is 0.761. The van der Waals surface area contributed by atoms with Crippen molar-refractivity contribution in [1.82, 2.24) is 4.90 Å². The van der Waals surface area contributed by atoms with Gasteiger partial charge in [-0.25, -0.2) is 0 Å². The first kappa shape index (κ1) is 12.7. The third kappa shape index (κ3) is 2.72. The smallest absolute Gasteiger partial charge is 0.255 e. The maximum Gasteiger partial charge on any atom is 0.255 e. The summed E-state index contributed by atoms with van der Waals surface area (Å²) in [6, 6.07) is 5.66. The van der Waals surface area contributed by atoms with Crippen molar-refractivity contribution in [3.05, 3.63) is 34.9 Å². The van der Waals surface area contributed by atoms with Crippen LogP contribution in [0.5, 0.6) is 0 Å². The second-order valence-corrected chi connectivity index (χ2v) is 4.51. The van der Waals surface area contributed by atoms with E-state index in [-0.39, 0.29) is 12.5 Å². The number of aliphatic hydroxyl groups excluding tert-OH is 1. The summed E-state index contributed by atoms with van der Waals surface area (Å²) in [5.41, 5.74) is 2.40. The van der Waals surface area contributed by atoms with Gasteiger partial charge in [0.25, 0.3) is 5.91 Å². The van der Waals surface area contributed by atoms with Crippen molar-refractivity contribution in [3.63, 3.8) is 0 Å². The van der Waals surface area contributed by atoms with Crippen LogP contribution < -0.4 is 0 Å². The van der Waals surface area contributed by atoms with Crippen LogP contribution in [0, 0.1) is 18.8 Å². The number of rotatable bonds is 1. The number of aryl methyl sites for hydroxylation is 1. The van der Waals surface area contributed by atoms with Crippen molar-refractivity contribution in [1.29, 1.82) is 0 Å². The van der Waals surface area contributed by atoms with Crippen LogP contribution in [0.4, 0.5) is 0 Å². The molecule has 1 aliphatic heterocycles. The summed E-state index contributed by atoms with van der Waals surface area (Å²) in [6.45, 7) is 3.44. The Labute approximate surface area is 107 Å². The Hall–Kier alpha value is -1.79. The first-order valence-corrected chi connectivity index (χ1v) is 6.22. The largest absolute Gasteiger partial charge is 0.384 e. The summed E-state index contributed by atoms with van der Waals surface area (Å²) < 4.78 is 0. The van der Waals surface area contributed by atoms with Gasteiger partial charge in [-0.2, -0.15) is 0 Å². The third-order valence-electron chi connectivity index (χ3n) is 3.10. The predicted octanol–water partition coefficient (Wildman–Crippen LogP) is 1.57. The molecule has 3 heteroatoms. The lowest BCUT2D eigenvalue weighted by Gasteiger charge is -2.16. The summed E-state index contributed by atoms with van der Waals surface area (Å²) in [5, 5.41) is 8.75. The van der Waals surface area contributed by atoms with Gasteiger partial charge < -0.3 is 10.0 Å². The molecule has 1 aromatic rings. The molecule has 1 fully saturated rings. The van der Waals surface area contributed by atoms with E-state index in [0.29, 0.717) is 11.1 Å². The molecule has 1 aromatic carbocycles. The molecule has 0 unspecified atom stereocenters. The zero-order valence-corrected chi connectivity index (χ0v) is 10.6. The van der Waals surface area contributed by atoms with Crippen molar-refractivity contribution in [2.75, 3.05) is 19.7 Å². The van der Waals surface area contributed by atoms with Gasteiger partial charge in [-0.1, -0.05) is 23.5 Å². The van der Waals surface area contributed by atoms with Crippen LogP contribution in [0.25, 0.3) is 0 Å². The molecule has 1 amide bonds. The number of hydrogen-bond donors (Lipinski definition) is 1. The highest BCUT2D eigenvalue weighted by Gasteiger charge is 2.21. The molecule has 18 heavy (non-hydrogen) atoms. The highest BCUT2D eigenvalue weighted by atomic mass is 16.2. The van der Waals surface area contributed by atoms with Crippen LogP contribution in [0.2, 0.25) is 0 Å². The van der Waals surface area contributed by atoms with Crippen LogP contribution in [0.1, 0.15) is 34.3 Å². The Morgan fingerprint density at radius 1 is 1.39 bits per heavy atom. The molecule has 1 aliphatic rings. The average Bonchev–Trinajstić information content (AvgIpc) is 2.90. The Balaban J connectivity index is 2.34. The maximum absolute atomic E-state index is 12.4. The van der Waals surface area contributed by atoms with Crippen molar-refractivity contribution in [2.45, 2.75) is 19.8 Å². The molecule has 0 atom stereocenters. The molecular formula is C15H17NO2. The van der Waals surface area contributed by atoms with Gasteiger partial charge in [-0.3, -0.25) is 4.79 Å². The third-order valence-corrected chi connectivity index (χ3v) is 3.10. The van der Waals surface area contributed by atoms with Gasteiger partial charge in [0, 0.05) is 18.7 Å². The average molecular weight is 243 g/mol. The number of nitrogens with zero attached hydrogens (tertiary/aromatic N) is 1. The fraction of sp³-hybridized carbons (Fsp3) is 0.400. The van der Waals surface area contributed by atoms with Gasteiger partial charge in [0.05, 0.1) is 5.56 Å². The molecular weight excluding hydrogens is 226 g/mol. The highest BCUT2D eigenvalue weighted by molar-refractivity contribution is 5.97. The van der Waals surface area contributed by atoms with E-state index < -0.39 is 0 Å². The normalized spacial score (nSPS) is 14.2. The minimum absolute atomic E-state index is 0.0541. The van der Waals surface area contributed by atoms with Crippen LogP contribution in [-0.4, -0.2) is 35.6 Å². The van der Waals surface area contributed by atoms with E-state index >= 15 is 0 Å². The first-order valence-electron chi connectivity index (χ1n) is 6.22. The summed E-state index contributed by atoms with van der Waals surface area (Å²) in [4.78, 5) is 14.3. The minimum atomic E-state index is -0.189. The molecule has 2 rings (SSSR count). The maximum atomic E-state index is 12.4. The number of amides is 1. The lowest BCUT2D eigenvalue weighted by Crippen LogP contribution is -2.28. The summed E-state index contributed by atoms with van der Waals surface area (Å²) in [5.74, 6) is 5.51. The molecule has 0 radical (unpaired) electrons. The van der Waals surface area contributed by atoms with E-state index in [1.54, 1.807) is 0 Å². The van der Waals surface area contributed by atoms with Gasteiger partial charge in [0.1, 0.15) is 6.61 Å². The standard InChI is InChI=1S/C15H17NO2/c1-12-6-7-13(5-4-10-17)14(11-12)15(18)16-8-2-3-9-16/h6-7,11,17H,2-3,8-10H2,1H3. The Kier molecular flexibility index (Phi) is 4.01. The molecule has 1 heterocycles. The van der Waals surface area contributed by atoms with Crippen molar-refractivity contribution in [3.8, 4) is 11.8 Å². The predicted molar refractivity (Wildman–Crippen MR) is 70.3 cm³/mol. The van der Waals surface area contributed by atoms with E-state index in [0.717, 1.165) is 31.5 Å². The zero-order chi connectivity index (χ0) is 13.0. The Morgan fingerprint density at radius 3 is 2.78 bits per heavy atom. The van der Waals surface area contributed by atoms with Gasteiger partial charge in [-0.15, -0.1) is 0 Å². The summed E-state index contributed by atoms with van der Waals surface area (Å²) in [6.07, 6.45) is 2.16. The lowest BCUT2D eigenvalue weighted by molar-refractivity contribution is 0.0792. The van der Waals surface area contributed by atoms with Crippen molar-refractivity contribution in [2.24, 2.45) is 0 Å². The van der Waals surface area contributed by atoms with Crippen LogP contribution in [0.15, 0.2) is 18.2 Å². The van der Waals surface area contributed by atoms with Gasteiger partial charge in [0.15, 0.2) is 0 Å². The second kappa shape index (κ2) is 5.70. The Morgan fingerprint density at radius 2 is 2.11 bits per heavy atom. The highest BCUT2D eigenvalue weighted by Crippen LogP contribution is 2.17. The monoisotopic (exact) mass is 243 g/mol. The van der Waals surface area contributed by atoms with E-state index in [1.165, 1.54) is 0 Å². The van der Waals surface area contributed by atoms with E-state index in [9.17, 15) is 4.79 Å². The molecule has 0 aromatic heterocycles. The van der Waals surface area contributed by atoms with Gasteiger partial charge in [0.2, 0.25) is 0 Å². The molecule has 1 saturated heterocycles.